The highest BCUT2D eigenvalue weighted by molar-refractivity contribution is 5.80. The SMILES string of the molecule is CCCC(C)(O)CNC(=O)C(C)OC. The molecule has 0 bridgehead atoms. The molecular formula is C10H21NO3. The minimum atomic E-state index is -0.822. The number of aliphatic hydroxyl groups is 1. The molecule has 0 aliphatic heterocycles. The highest BCUT2D eigenvalue weighted by atomic mass is 16.5. The van der Waals surface area contributed by atoms with Crippen LogP contribution in [-0.4, -0.2) is 36.4 Å². The van der Waals surface area contributed by atoms with Crippen LogP contribution in [0.2, 0.25) is 0 Å². The Kier molecular flexibility index (Phi) is 5.72. The molecule has 4 nitrogen and oxygen atoms in total. The Bertz CT molecular complexity index is 180. The van der Waals surface area contributed by atoms with E-state index in [1.807, 2.05) is 6.92 Å². The molecule has 0 aromatic carbocycles. The third kappa shape index (κ3) is 5.19. The largest absolute Gasteiger partial charge is 0.388 e. The minimum absolute atomic E-state index is 0.191. The van der Waals surface area contributed by atoms with E-state index in [0.29, 0.717) is 6.42 Å². The van der Waals surface area contributed by atoms with Crippen molar-refractivity contribution in [3.63, 3.8) is 0 Å². The zero-order valence-corrected chi connectivity index (χ0v) is 9.46. The molecule has 0 saturated carbocycles. The molecule has 0 radical (unpaired) electrons. The molecule has 0 heterocycles. The van der Waals surface area contributed by atoms with E-state index in [-0.39, 0.29) is 12.5 Å². The lowest BCUT2D eigenvalue weighted by atomic mass is 10.0. The molecule has 0 spiro atoms. The predicted molar refractivity (Wildman–Crippen MR) is 55.0 cm³/mol. The minimum Gasteiger partial charge on any atom is -0.388 e. The summed E-state index contributed by atoms with van der Waals surface area (Å²) in [6, 6.07) is 0. The van der Waals surface area contributed by atoms with Crippen LogP contribution in [-0.2, 0) is 9.53 Å². The van der Waals surface area contributed by atoms with Gasteiger partial charge in [-0.1, -0.05) is 13.3 Å². The van der Waals surface area contributed by atoms with Crippen LogP contribution in [0.3, 0.4) is 0 Å². The lowest BCUT2D eigenvalue weighted by molar-refractivity contribution is -0.131. The van der Waals surface area contributed by atoms with Crippen molar-refractivity contribution in [1.29, 1.82) is 0 Å². The maximum Gasteiger partial charge on any atom is 0.248 e. The Hall–Kier alpha value is -0.610. The summed E-state index contributed by atoms with van der Waals surface area (Å²) in [5.41, 5.74) is -0.822. The topological polar surface area (TPSA) is 58.6 Å². The van der Waals surface area contributed by atoms with Gasteiger partial charge in [0, 0.05) is 13.7 Å². The van der Waals surface area contributed by atoms with E-state index >= 15 is 0 Å². The number of nitrogens with one attached hydrogen (secondary N) is 1. The van der Waals surface area contributed by atoms with Gasteiger partial charge in [-0.05, 0) is 20.3 Å². The fraction of sp³-hybridized carbons (Fsp3) is 0.900. The third-order valence-electron chi connectivity index (χ3n) is 2.15. The molecule has 2 atom stereocenters. The summed E-state index contributed by atoms with van der Waals surface area (Å²) in [4.78, 5) is 11.3. The zero-order chi connectivity index (χ0) is 11.2. The van der Waals surface area contributed by atoms with Crippen molar-refractivity contribution in [2.75, 3.05) is 13.7 Å². The average molecular weight is 203 g/mol. The van der Waals surface area contributed by atoms with Crippen molar-refractivity contribution in [1.82, 2.24) is 5.32 Å². The maximum absolute atomic E-state index is 11.3. The molecule has 0 fully saturated rings. The average Bonchev–Trinajstić information content (AvgIpc) is 2.13. The first-order valence-corrected chi connectivity index (χ1v) is 4.96. The summed E-state index contributed by atoms with van der Waals surface area (Å²) < 4.78 is 4.84. The van der Waals surface area contributed by atoms with Crippen molar-refractivity contribution in [3.8, 4) is 0 Å². The van der Waals surface area contributed by atoms with Crippen molar-refractivity contribution in [3.05, 3.63) is 0 Å². The molecule has 0 rings (SSSR count). The first-order valence-electron chi connectivity index (χ1n) is 4.96. The summed E-state index contributed by atoms with van der Waals surface area (Å²) in [6.45, 7) is 5.65. The van der Waals surface area contributed by atoms with Crippen LogP contribution in [0.15, 0.2) is 0 Å². The molecule has 0 saturated heterocycles. The van der Waals surface area contributed by atoms with Crippen molar-refractivity contribution < 1.29 is 14.6 Å². The van der Waals surface area contributed by atoms with Crippen LogP contribution in [0.5, 0.6) is 0 Å². The Morgan fingerprint density at radius 2 is 2.21 bits per heavy atom. The van der Waals surface area contributed by atoms with Gasteiger partial charge in [-0.2, -0.15) is 0 Å². The highest BCUT2D eigenvalue weighted by Crippen LogP contribution is 2.09. The van der Waals surface area contributed by atoms with Crippen LogP contribution >= 0.6 is 0 Å². The molecule has 14 heavy (non-hydrogen) atoms. The Morgan fingerprint density at radius 1 is 1.64 bits per heavy atom. The van der Waals surface area contributed by atoms with Crippen LogP contribution in [0.1, 0.15) is 33.6 Å². The second-order valence-electron chi connectivity index (χ2n) is 3.84. The molecular weight excluding hydrogens is 182 g/mol. The molecule has 2 N–H and O–H groups in total. The monoisotopic (exact) mass is 203 g/mol. The second-order valence-corrected chi connectivity index (χ2v) is 3.84. The number of ether oxygens (including phenoxy) is 1. The van der Waals surface area contributed by atoms with E-state index in [1.165, 1.54) is 7.11 Å². The van der Waals surface area contributed by atoms with Gasteiger partial charge >= 0.3 is 0 Å². The summed E-state index contributed by atoms with van der Waals surface area (Å²) in [5, 5.41) is 12.4. The molecule has 1 amide bonds. The summed E-state index contributed by atoms with van der Waals surface area (Å²) in [7, 11) is 1.48. The number of amides is 1. The van der Waals surface area contributed by atoms with Crippen molar-refractivity contribution >= 4 is 5.91 Å². The number of hydrogen-bond donors (Lipinski definition) is 2. The number of carbonyl (C=O) groups excluding carboxylic acids is 1. The van der Waals surface area contributed by atoms with Crippen LogP contribution in [0, 0.1) is 0 Å². The smallest absolute Gasteiger partial charge is 0.248 e. The number of rotatable bonds is 6. The Balaban J connectivity index is 3.87. The number of hydrogen-bond acceptors (Lipinski definition) is 3. The molecule has 2 unspecified atom stereocenters. The van der Waals surface area contributed by atoms with Crippen LogP contribution < -0.4 is 5.32 Å². The first kappa shape index (κ1) is 13.4. The van der Waals surface area contributed by atoms with Gasteiger partial charge in [-0.3, -0.25) is 4.79 Å². The molecule has 84 valence electrons. The van der Waals surface area contributed by atoms with Gasteiger partial charge in [0.2, 0.25) is 5.91 Å². The van der Waals surface area contributed by atoms with Gasteiger partial charge in [0.1, 0.15) is 6.10 Å². The molecule has 0 aromatic heterocycles. The second kappa shape index (κ2) is 5.98. The van der Waals surface area contributed by atoms with E-state index in [0.717, 1.165) is 6.42 Å². The fourth-order valence-corrected chi connectivity index (χ4v) is 1.16. The summed E-state index contributed by atoms with van der Waals surface area (Å²) in [5.74, 6) is -0.191. The molecule has 0 aliphatic carbocycles. The van der Waals surface area contributed by atoms with Crippen molar-refractivity contribution in [2.45, 2.75) is 45.3 Å². The van der Waals surface area contributed by atoms with Gasteiger partial charge < -0.3 is 15.2 Å². The lowest BCUT2D eigenvalue weighted by Crippen LogP contribution is -2.44. The van der Waals surface area contributed by atoms with Gasteiger partial charge in [-0.25, -0.2) is 0 Å². The van der Waals surface area contributed by atoms with Gasteiger partial charge in [0.25, 0.3) is 0 Å². The molecule has 0 aromatic rings. The number of carbonyl (C=O) groups is 1. The summed E-state index contributed by atoms with van der Waals surface area (Å²) >= 11 is 0. The maximum atomic E-state index is 11.3. The standard InChI is InChI=1S/C10H21NO3/c1-5-6-10(3,13)7-11-9(12)8(2)14-4/h8,13H,5-7H2,1-4H3,(H,11,12). The normalized spacial score (nSPS) is 17.2. The van der Waals surface area contributed by atoms with Gasteiger partial charge in [0.05, 0.1) is 5.60 Å². The first-order chi connectivity index (χ1) is 6.43. The fourth-order valence-electron chi connectivity index (χ4n) is 1.16. The van der Waals surface area contributed by atoms with E-state index in [9.17, 15) is 9.90 Å². The number of methoxy groups -OCH3 is 1. The quantitative estimate of drug-likeness (QED) is 0.667. The highest BCUT2D eigenvalue weighted by Gasteiger charge is 2.21. The van der Waals surface area contributed by atoms with E-state index < -0.39 is 11.7 Å². The molecule has 4 heteroatoms. The Labute approximate surface area is 85.6 Å². The lowest BCUT2D eigenvalue weighted by Gasteiger charge is -2.23. The predicted octanol–water partition coefficient (Wildman–Crippen LogP) is 0.689. The van der Waals surface area contributed by atoms with E-state index in [2.05, 4.69) is 5.32 Å². The third-order valence-corrected chi connectivity index (χ3v) is 2.15. The van der Waals surface area contributed by atoms with Gasteiger partial charge in [0.15, 0.2) is 0 Å². The zero-order valence-electron chi connectivity index (χ0n) is 9.46. The Morgan fingerprint density at radius 3 is 2.64 bits per heavy atom. The van der Waals surface area contributed by atoms with E-state index in [1.54, 1.807) is 13.8 Å². The summed E-state index contributed by atoms with van der Waals surface area (Å²) in [6.07, 6.45) is 1.10. The van der Waals surface area contributed by atoms with Gasteiger partial charge in [-0.15, -0.1) is 0 Å². The van der Waals surface area contributed by atoms with Crippen LogP contribution in [0.25, 0.3) is 0 Å². The van der Waals surface area contributed by atoms with Crippen LogP contribution in [0.4, 0.5) is 0 Å². The molecule has 0 aliphatic rings. The van der Waals surface area contributed by atoms with E-state index in [4.69, 9.17) is 4.74 Å². The van der Waals surface area contributed by atoms with Crippen molar-refractivity contribution in [2.24, 2.45) is 0 Å².